The van der Waals surface area contributed by atoms with E-state index in [1.54, 1.807) is 0 Å². The zero-order valence-electron chi connectivity index (χ0n) is 18.3. The first kappa shape index (κ1) is 22.5. The third-order valence-corrected chi connectivity index (χ3v) is 6.36. The first-order chi connectivity index (χ1) is 15.7. The van der Waals surface area contributed by atoms with Gasteiger partial charge in [-0.25, -0.2) is 0 Å². The topological polar surface area (TPSA) is 71.1 Å². The van der Waals surface area contributed by atoms with E-state index in [1.165, 1.54) is 16.2 Å². The van der Waals surface area contributed by atoms with Crippen LogP contribution < -0.4 is 10.1 Å². The van der Waals surface area contributed by atoms with Gasteiger partial charge in [-0.05, 0) is 36.4 Å². The molecule has 2 amide bonds. The minimum Gasteiger partial charge on any atom is -0.494 e. The first-order valence-electron chi connectivity index (χ1n) is 11.1. The normalized spacial score (nSPS) is 17.3. The Morgan fingerprint density at radius 1 is 1.09 bits per heavy atom. The van der Waals surface area contributed by atoms with Crippen molar-refractivity contribution in [1.29, 1.82) is 0 Å². The van der Waals surface area contributed by atoms with Crippen molar-refractivity contribution in [3.05, 3.63) is 52.4 Å². The molecule has 170 valence electrons. The lowest BCUT2D eigenvalue weighted by molar-refractivity contribution is -0.136. The van der Waals surface area contributed by atoms with Gasteiger partial charge in [-0.2, -0.15) is 0 Å². The molecule has 0 bridgehead atoms. The number of ether oxygens (including phenoxy) is 2. The van der Waals surface area contributed by atoms with Gasteiger partial charge in [0.25, 0.3) is 11.8 Å². The maximum Gasteiger partial charge on any atom is 0.278 e. The summed E-state index contributed by atoms with van der Waals surface area (Å²) < 4.78 is 11.1. The van der Waals surface area contributed by atoms with Crippen LogP contribution in [0.2, 0.25) is 0 Å². The third-order valence-electron chi connectivity index (χ3n) is 5.47. The van der Waals surface area contributed by atoms with Crippen LogP contribution in [-0.4, -0.2) is 67.6 Å². The molecule has 3 heterocycles. The van der Waals surface area contributed by atoms with Crippen molar-refractivity contribution in [1.82, 2.24) is 9.80 Å². The van der Waals surface area contributed by atoms with Crippen molar-refractivity contribution in [3.8, 4) is 5.75 Å². The Morgan fingerprint density at radius 2 is 1.94 bits per heavy atom. The molecule has 2 aliphatic rings. The summed E-state index contributed by atoms with van der Waals surface area (Å²) in [6.45, 7) is 7.18. The van der Waals surface area contributed by atoms with Crippen LogP contribution in [0.1, 0.15) is 24.6 Å². The average molecular weight is 456 g/mol. The van der Waals surface area contributed by atoms with Crippen LogP contribution in [0.15, 0.2) is 47.5 Å². The molecule has 0 spiro atoms. The lowest BCUT2D eigenvalue weighted by Crippen LogP contribution is -2.39. The maximum atomic E-state index is 13.3. The number of hydrogen-bond acceptors (Lipinski definition) is 7. The average Bonchev–Trinajstić information content (AvgIpc) is 3.41. The number of carbonyl (C=O) groups is 2. The van der Waals surface area contributed by atoms with Crippen molar-refractivity contribution in [2.75, 3.05) is 51.3 Å². The Balaban J connectivity index is 1.50. The highest BCUT2D eigenvalue weighted by molar-refractivity contribution is 7.11. The molecule has 4 rings (SSSR count). The van der Waals surface area contributed by atoms with Crippen molar-refractivity contribution in [3.63, 3.8) is 0 Å². The highest BCUT2D eigenvalue weighted by Gasteiger charge is 2.39. The van der Waals surface area contributed by atoms with E-state index in [4.69, 9.17) is 9.47 Å². The minimum absolute atomic E-state index is 0.236. The van der Waals surface area contributed by atoms with E-state index in [1.807, 2.05) is 41.8 Å². The van der Waals surface area contributed by atoms with E-state index in [0.29, 0.717) is 24.4 Å². The van der Waals surface area contributed by atoms with E-state index in [0.717, 1.165) is 62.0 Å². The molecule has 0 unspecified atom stereocenters. The van der Waals surface area contributed by atoms with Crippen LogP contribution in [0.5, 0.6) is 5.75 Å². The number of morpholine rings is 1. The Labute approximate surface area is 192 Å². The van der Waals surface area contributed by atoms with Crippen LogP contribution in [0.25, 0.3) is 5.57 Å². The van der Waals surface area contributed by atoms with Gasteiger partial charge in [0.2, 0.25) is 0 Å². The van der Waals surface area contributed by atoms with Crippen LogP contribution in [0.4, 0.5) is 5.69 Å². The monoisotopic (exact) mass is 455 g/mol. The highest BCUT2D eigenvalue weighted by Crippen LogP contribution is 2.33. The SMILES string of the molecule is CCCOc1cccc(NC2=C(c3cccs3)C(=O)N(CCCN3CCOCC3)C2=O)c1. The first-order valence-corrected chi connectivity index (χ1v) is 12.0. The van der Waals surface area contributed by atoms with Crippen molar-refractivity contribution < 1.29 is 19.1 Å². The van der Waals surface area contributed by atoms with Gasteiger partial charge in [0.05, 0.1) is 25.4 Å². The third kappa shape index (κ3) is 5.20. The van der Waals surface area contributed by atoms with E-state index in [-0.39, 0.29) is 11.8 Å². The predicted octanol–water partition coefficient (Wildman–Crippen LogP) is 3.45. The number of carbonyl (C=O) groups excluding carboxylic acids is 2. The Bertz CT molecular complexity index is 967. The summed E-state index contributed by atoms with van der Waals surface area (Å²) in [5, 5.41) is 5.13. The maximum absolute atomic E-state index is 13.3. The molecular weight excluding hydrogens is 426 g/mol. The second-order valence-corrected chi connectivity index (χ2v) is 8.75. The number of anilines is 1. The summed E-state index contributed by atoms with van der Waals surface area (Å²) in [7, 11) is 0. The van der Waals surface area contributed by atoms with Gasteiger partial charge in [-0.3, -0.25) is 19.4 Å². The summed E-state index contributed by atoms with van der Waals surface area (Å²) in [6.07, 6.45) is 1.65. The van der Waals surface area contributed by atoms with Crippen LogP contribution >= 0.6 is 11.3 Å². The van der Waals surface area contributed by atoms with Gasteiger partial charge in [0.15, 0.2) is 0 Å². The summed E-state index contributed by atoms with van der Waals surface area (Å²) in [4.78, 5) is 31.0. The standard InChI is InChI=1S/C24H29N3O4S/c1-2-13-31-19-7-3-6-18(17-19)25-22-21(20-8-4-16-32-20)23(28)27(24(22)29)10-5-9-26-11-14-30-15-12-26/h3-4,6-8,16-17,25H,2,5,9-15H2,1H3. The summed E-state index contributed by atoms with van der Waals surface area (Å²) >= 11 is 1.46. The number of benzene rings is 1. The molecule has 0 atom stereocenters. The summed E-state index contributed by atoms with van der Waals surface area (Å²) in [6, 6.07) is 11.3. The molecule has 2 aliphatic heterocycles. The molecule has 1 saturated heterocycles. The fourth-order valence-electron chi connectivity index (χ4n) is 3.85. The van der Waals surface area contributed by atoms with Crippen LogP contribution in [0, 0.1) is 0 Å². The minimum atomic E-state index is -0.278. The molecule has 8 heteroatoms. The largest absolute Gasteiger partial charge is 0.494 e. The fourth-order valence-corrected chi connectivity index (χ4v) is 4.62. The quantitative estimate of drug-likeness (QED) is 0.554. The highest BCUT2D eigenvalue weighted by atomic mass is 32.1. The van der Waals surface area contributed by atoms with Crippen molar-refractivity contribution in [2.45, 2.75) is 19.8 Å². The molecule has 2 aromatic rings. The lowest BCUT2D eigenvalue weighted by atomic mass is 10.2. The second-order valence-electron chi connectivity index (χ2n) is 7.80. The molecule has 0 radical (unpaired) electrons. The van der Waals surface area contributed by atoms with Crippen molar-refractivity contribution in [2.24, 2.45) is 0 Å². The molecule has 32 heavy (non-hydrogen) atoms. The summed E-state index contributed by atoms with van der Waals surface area (Å²) in [5.41, 5.74) is 1.49. The van der Waals surface area contributed by atoms with E-state index < -0.39 is 0 Å². The van der Waals surface area contributed by atoms with Gasteiger partial charge in [0.1, 0.15) is 11.4 Å². The van der Waals surface area contributed by atoms with Crippen molar-refractivity contribution >= 4 is 34.4 Å². The number of hydrogen-bond donors (Lipinski definition) is 1. The van der Waals surface area contributed by atoms with E-state index >= 15 is 0 Å². The van der Waals surface area contributed by atoms with Gasteiger partial charge in [0, 0.05) is 42.8 Å². The second kappa shape index (κ2) is 10.8. The number of nitrogens with one attached hydrogen (secondary N) is 1. The summed E-state index contributed by atoms with van der Waals surface area (Å²) in [5.74, 6) is 0.217. The number of nitrogens with zero attached hydrogens (tertiary/aromatic N) is 2. The molecule has 0 saturated carbocycles. The Morgan fingerprint density at radius 3 is 2.69 bits per heavy atom. The molecule has 0 aliphatic carbocycles. The number of thiophene rings is 1. The molecule has 7 nitrogen and oxygen atoms in total. The zero-order valence-corrected chi connectivity index (χ0v) is 19.2. The lowest BCUT2D eigenvalue weighted by Gasteiger charge is -2.27. The molecule has 1 fully saturated rings. The Kier molecular flexibility index (Phi) is 7.57. The zero-order chi connectivity index (χ0) is 22.3. The predicted molar refractivity (Wildman–Crippen MR) is 126 cm³/mol. The van der Waals surface area contributed by atoms with Gasteiger partial charge < -0.3 is 14.8 Å². The number of rotatable bonds is 10. The molecule has 1 N–H and O–H groups in total. The Hall–Kier alpha value is -2.68. The van der Waals surface area contributed by atoms with E-state index in [2.05, 4.69) is 17.1 Å². The molecule has 1 aromatic heterocycles. The number of imide groups is 1. The fraction of sp³-hybridized carbons (Fsp3) is 0.417. The smallest absolute Gasteiger partial charge is 0.278 e. The van der Waals surface area contributed by atoms with Crippen LogP contribution in [0.3, 0.4) is 0 Å². The molecule has 1 aromatic carbocycles. The van der Waals surface area contributed by atoms with E-state index in [9.17, 15) is 9.59 Å². The van der Waals surface area contributed by atoms with Crippen LogP contribution in [-0.2, 0) is 14.3 Å². The van der Waals surface area contributed by atoms with Gasteiger partial charge >= 0.3 is 0 Å². The van der Waals surface area contributed by atoms with Gasteiger partial charge in [-0.1, -0.05) is 19.1 Å². The van der Waals surface area contributed by atoms with Gasteiger partial charge in [-0.15, -0.1) is 11.3 Å². The number of amides is 2. The molecular formula is C24H29N3O4S.